The Kier molecular flexibility index (Phi) is 5.04. The molecule has 1 fully saturated rings. The molecule has 0 aliphatic carbocycles. The van der Waals surface area contributed by atoms with E-state index in [9.17, 15) is 0 Å². The number of ether oxygens (including phenoxy) is 1. The van der Waals surface area contributed by atoms with Gasteiger partial charge in [-0.1, -0.05) is 0 Å². The molecule has 124 valence electrons. The Morgan fingerprint density at radius 1 is 1.26 bits per heavy atom. The lowest BCUT2D eigenvalue weighted by Crippen LogP contribution is -2.39. The molecule has 8 heteroatoms. The number of anilines is 3. The SMILES string of the molecule is Cc1cc(NCCN2CCOCC2)nc(Nc2ccnn2C)n1. The van der Waals surface area contributed by atoms with E-state index in [0.717, 1.165) is 56.7 Å². The monoisotopic (exact) mass is 317 g/mol. The maximum atomic E-state index is 5.36. The van der Waals surface area contributed by atoms with Crippen LogP contribution in [0.4, 0.5) is 17.6 Å². The molecule has 1 saturated heterocycles. The molecule has 0 saturated carbocycles. The first kappa shape index (κ1) is 15.7. The van der Waals surface area contributed by atoms with E-state index in [4.69, 9.17) is 4.74 Å². The van der Waals surface area contributed by atoms with Gasteiger partial charge in [0.25, 0.3) is 0 Å². The van der Waals surface area contributed by atoms with Gasteiger partial charge in [-0.3, -0.25) is 9.58 Å². The summed E-state index contributed by atoms with van der Waals surface area (Å²) >= 11 is 0. The lowest BCUT2D eigenvalue weighted by molar-refractivity contribution is 0.0398. The fourth-order valence-corrected chi connectivity index (χ4v) is 2.49. The van der Waals surface area contributed by atoms with Crippen LogP contribution >= 0.6 is 0 Å². The largest absolute Gasteiger partial charge is 0.379 e. The van der Waals surface area contributed by atoms with Crippen molar-refractivity contribution in [3.8, 4) is 0 Å². The Bertz CT molecular complexity index is 637. The summed E-state index contributed by atoms with van der Waals surface area (Å²) in [6.07, 6.45) is 1.74. The lowest BCUT2D eigenvalue weighted by atomic mass is 10.4. The summed E-state index contributed by atoms with van der Waals surface area (Å²) in [4.78, 5) is 11.3. The smallest absolute Gasteiger partial charge is 0.230 e. The fraction of sp³-hybridized carbons (Fsp3) is 0.533. The summed E-state index contributed by atoms with van der Waals surface area (Å²) < 4.78 is 7.10. The van der Waals surface area contributed by atoms with Crippen LogP contribution in [0.1, 0.15) is 5.69 Å². The van der Waals surface area contributed by atoms with Crippen LogP contribution in [0, 0.1) is 6.92 Å². The summed E-state index contributed by atoms with van der Waals surface area (Å²) in [5, 5.41) is 10.7. The normalized spacial score (nSPS) is 15.6. The molecule has 3 heterocycles. The number of hydrogen-bond acceptors (Lipinski definition) is 7. The van der Waals surface area contributed by atoms with E-state index < -0.39 is 0 Å². The molecule has 2 N–H and O–H groups in total. The Morgan fingerprint density at radius 3 is 2.83 bits per heavy atom. The van der Waals surface area contributed by atoms with Gasteiger partial charge in [-0.25, -0.2) is 4.98 Å². The molecular weight excluding hydrogens is 294 g/mol. The highest BCUT2D eigenvalue weighted by molar-refractivity contribution is 5.51. The van der Waals surface area contributed by atoms with Gasteiger partial charge < -0.3 is 15.4 Å². The molecule has 0 amide bonds. The zero-order valence-electron chi connectivity index (χ0n) is 13.6. The van der Waals surface area contributed by atoms with Crippen LogP contribution in [0.15, 0.2) is 18.3 Å². The molecule has 23 heavy (non-hydrogen) atoms. The molecule has 0 spiro atoms. The average molecular weight is 317 g/mol. The Balaban J connectivity index is 1.57. The van der Waals surface area contributed by atoms with Crippen LogP contribution in [0.2, 0.25) is 0 Å². The van der Waals surface area contributed by atoms with E-state index >= 15 is 0 Å². The first-order valence-electron chi connectivity index (χ1n) is 7.85. The van der Waals surface area contributed by atoms with E-state index in [0.29, 0.717) is 5.95 Å². The van der Waals surface area contributed by atoms with Crippen LogP contribution in [0.5, 0.6) is 0 Å². The number of rotatable bonds is 6. The molecule has 0 radical (unpaired) electrons. The summed E-state index contributed by atoms with van der Waals surface area (Å²) in [5.74, 6) is 2.26. The molecule has 3 rings (SSSR count). The average Bonchev–Trinajstić information content (AvgIpc) is 2.93. The minimum Gasteiger partial charge on any atom is -0.379 e. The standard InChI is InChI=1S/C15H23N7O/c1-12-11-13(16-5-6-22-7-9-23-10-8-22)19-15(18-12)20-14-3-4-17-21(14)2/h3-4,11H,5-10H2,1-2H3,(H2,16,18,19,20). The maximum Gasteiger partial charge on any atom is 0.230 e. The predicted octanol–water partition coefficient (Wildman–Crippen LogP) is 1.01. The Morgan fingerprint density at radius 2 is 2.09 bits per heavy atom. The number of aromatic nitrogens is 4. The number of nitrogens with zero attached hydrogens (tertiary/aromatic N) is 5. The highest BCUT2D eigenvalue weighted by Crippen LogP contribution is 2.14. The third kappa shape index (κ3) is 4.40. The number of hydrogen-bond donors (Lipinski definition) is 2. The van der Waals surface area contributed by atoms with Gasteiger partial charge in [0.05, 0.1) is 19.4 Å². The first-order valence-corrected chi connectivity index (χ1v) is 7.85. The van der Waals surface area contributed by atoms with E-state index in [1.165, 1.54) is 0 Å². The minimum atomic E-state index is 0.572. The second kappa shape index (κ2) is 7.38. The minimum absolute atomic E-state index is 0.572. The van der Waals surface area contributed by atoms with Crippen molar-refractivity contribution in [3.05, 3.63) is 24.0 Å². The van der Waals surface area contributed by atoms with E-state index in [2.05, 4.69) is 30.6 Å². The fourth-order valence-electron chi connectivity index (χ4n) is 2.49. The maximum absolute atomic E-state index is 5.36. The van der Waals surface area contributed by atoms with Gasteiger partial charge in [-0.2, -0.15) is 10.1 Å². The van der Waals surface area contributed by atoms with Gasteiger partial charge in [-0.15, -0.1) is 0 Å². The third-order valence-electron chi connectivity index (χ3n) is 3.75. The van der Waals surface area contributed by atoms with Gasteiger partial charge >= 0.3 is 0 Å². The van der Waals surface area contributed by atoms with E-state index in [1.807, 2.05) is 26.1 Å². The third-order valence-corrected chi connectivity index (χ3v) is 3.75. The van der Waals surface area contributed by atoms with Crippen LogP contribution in [-0.4, -0.2) is 64.0 Å². The van der Waals surface area contributed by atoms with Crippen LogP contribution in [-0.2, 0) is 11.8 Å². The summed E-state index contributed by atoms with van der Waals surface area (Å²) in [7, 11) is 1.87. The summed E-state index contributed by atoms with van der Waals surface area (Å²) in [6.45, 7) is 7.44. The second-order valence-corrected chi connectivity index (χ2v) is 5.56. The molecule has 0 bridgehead atoms. The zero-order chi connectivity index (χ0) is 16.1. The van der Waals surface area contributed by atoms with Crippen LogP contribution in [0.3, 0.4) is 0 Å². The van der Waals surface area contributed by atoms with Crippen molar-refractivity contribution >= 4 is 17.6 Å². The predicted molar refractivity (Wildman–Crippen MR) is 89.0 cm³/mol. The van der Waals surface area contributed by atoms with Crippen LogP contribution in [0.25, 0.3) is 0 Å². The van der Waals surface area contributed by atoms with Crippen molar-refractivity contribution in [1.29, 1.82) is 0 Å². The van der Waals surface area contributed by atoms with Crippen molar-refractivity contribution in [3.63, 3.8) is 0 Å². The molecule has 1 aliphatic rings. The zero-order valence-corrected chi connectivity index (χ0v) is 13.6. The molecular formula is C15H23N7O. The van der Waals surface area contributed by atoms with Gasteiger partial charge in [0.15, 0.2) is 0 Å². The molecule has 0 aromatic carbocycles. The number of morpholine rings is 1. The van der Waals surface area contributed by atoms with Gasteiger partial charge in [0.1, 0.15) is 11.6 Å². The molecule has 1 aliphatic heterocycles. The highest BCUT2D eigenvalue weighted by Gasteiger charge is 2.10. The van der Waals surface area contributed by atoms with Crippen molar-refractivity contribution in [2.24, 2.45) is 7.05 Å². The number of aryl methyl sites for hydroxylation is 2. The van der Waals surface area contributed by atoms with Gasteiger partial charge in [0.2, 0.25) is 5.95 Å². The number of nitrogens with one attached hydrogen (secondary N) is 2. The Hall–Kier alpha value is -2.19. The summed E-state index contributed by atoms with van der Waals surface area (Å²) in [5.41, 5.74) is 0.915. The molecule has 8 nitrogen and oxygen atoms in total. The molecule has 2 aromatic rings. The van der Waals surface area contributed by atoms with Crippen LogP contribution < -0.4 is 10.6 Å². The van der Waals surface area contributed by atoms with Crippen molar-refractivity contribution < 1.29 is 4.74 Å². The molecule has 2 aromatic heterocycles. The second-order valence-electron chi connectivity index (χ2n) is 5.56. The van der Waals surface area contributed by atoms with Gasteiger partial charge in [-0.05, 0) is 6.92 Å². The molecule has 0 unspecified atom stereocenters. The molecule has 0 atom stereocenters. The highest BCUT2D eigenvalue weighted by atomic mass is 16.5. The van der Waals surface area contributed by atoms with Crippen molar-refractivity contribution in [2.75, 3.05) is 50.0 Å². The summed E-state index contributed by atoms with van der Waals surface area (Å²) in [6, 6.07) is 3.84. The topological polar surface area (TPSA) is 80.1 Å². The van der Waals surface area contributed by atoms with Gasteiger partial charge in [0, 0.05) is 51.1 Å². The van der Waals surface area contributed by atoms with Crippen molar-refractivity contribution in [2.45, 2.75) is 6.92 Å². The lowest BCUT2D eigenvalue weighted by Gasteiger charge is -2.26. The van der Waals surface area contributed by atoms with E-state index in [-0.39, 0.29) is 0 Å². The van der Waals surface area contributed by atoms with Crippen molar-refractivity contribution in [1.82, 2.24) is 24.6 Å². The quantitative estimate of drug-likeness (QED) is 0.823. The van der Waals surface area contributed by atoms with E-state index in [1.54, 1.807) is 10.9 Å². The Labute approximate surface area is 135 Å². The first-order chi connectivity index (χ1) is 11.2.